The first-order valence-electron chi connectivity index (χ1n) is 7.84. The minimum absolute atomic E-state index is 0.330. The standard InChI is InChI=1S/C18H28NO2/c1-4-13-19(6-3,14-10-15-21-18(20)5-2)16-17-11-8-7-9-12-17/h5,7-9,11-12H,2,4,6,10,13-16H2,1,3H3/q+1. The Morgan fingerprint density at radius 3 is 2.52 bits per heavy atom. The molecule has 116 valence electrons. The van der Waals surface area contributed by atoms with E-state index in [1.807, 2.05) is 0 Å². The van der Waals surface area contributed by atoms with Crippen molar-refractivity contribution in [3.8, 4) is 0 Å². The van der Waals surface area contributed by atoms with Gasteiger partial charge in [0.05, 0.1) is 26.2 Å². The first-order chi connectivity index (χ1) is 10.2. The number of carbonyl (C=O) groups is 1. The van der Waals surface area contributed by atoms with Gasteiger partial charge >= 0.3 is 5.97 Å². The number of quaternary nitrogens is 1. The quantitative estimate of drug-likeness (QED) is 0.285. The fraction of sp³-hybridized carbons (Fsp3) is 0.500. The minimum Gasteiger partial charge on any atom is -0.462 e. The third-order valence-corrected chi connectivity index (χ3v) is 3.92. The third-order valence-electron chi connectivity index (χ3n) is 3.92. The van der Waals surface area contributed by atoms with Crippen LogP contribution in [0, 0.1) is 0 Å². The average molecular weight is 290 g/mol. The molecule has 0 saturated heterocycles. The summed E-state index contributed by atoms with van der Waals surface area (Å²) in [7, 11) is 0. The van der Waals surface area contributed by atoms with Crippen molar-refractivity contribution in [2.24, 2.45) is 0 Å². The van der Waals surface area contributed by atoms with Crippen LogP contribution in [0.4, 0.5) is 0 Å². The van der Waals surface area contributed by atoms with Gasteiger partial charge in [0, 0.05) is 18.1 Å². The van der Waals surface area contributed by atoms with Crippen molar-refractivity contribution in [3.05, 3.63) is 48.6 Å². The summed E-state index contributed by atoms with van der Waals surface area (Å²) in [5.74, 6) is -0.330. The monoisotopic (exact) mass is 290 g/mol. The summed E-state index contributed by atoms with van der Waals surface area (Å²) in [4.78, 5) is 11.1. The van der Waals surface area contributed by atoms with Crippen LogP contribution in [0.25, 0.3) is 0 Å². The molecule has 0 spiro atoms. The van der Waals surface area contributed by atoms with Crippen molar-refractivity contribution in [3.63, 3.8) is 0 Å². The van der Waals surface area contributed by atoms with Crippen LogP contribution < -0.4 is 0 Å². The van der Waals surface area contributed by atoms with Gasteiger partial charge in [0.1, 0.15) is 6.54 Å². The van der Waals surface area contributed by atoms with Crippen LogP contribution in [0.2, 0.25) is 0 Å². The van der Waals surface area contributed by atoms with Crippen molar-refractivity contribution in [1.29, 1.82) is 0 Å². The molecule has 1 atom stereocenters. The van der Waals surface area contributed by atoms with Crippen molar-refractivity contribution in [2.45, 2.75) is 33.2 Å². The van der Waals surface area contributed by atoms with Crippen LogP contribution in [-0.4, -0.2) is 36.7 Å². The van der Waals surface area contributed by atoms with Gasteiger partial charge in [-0.15, -0.1) is 0 Å². The van der Waals surface area contributed by atoms with Gasteiger partial charge in [-0.3, -0.25) is 0 Å². The number of esters is 1. The van der Waals surface area contributed by atoms with Crippen molar-refractivity contribution < 1.29 is 14.0 Å². The maximum absolute atomic E-state index is 11.1. The Morgan fingerprint density at radius 2 is 1.95 bits per heavy atom. The number of hydrogen-bond donors (Lipinski definition) is 0. The largest absolute Gasteiger partial charge is 0.462 e. The number of benzene rings is 1. The summed E-state index contributed by atoms with van der Waals surface area (Å²) in [6.07, 6.45) is 3.27. The predicted octanol–water partition coefficient (Wildman–Crippen LogP) is 3.55. The molecule has 0 heterocycles. The predicted molar refractivity (Wildman–Crippen MR) is 86.7 cm³/mol. The van der Waals surface area contributed by atoms with Crippen LogP contribution in [-0.2, 0) is 16.1 Å². The fourth-order valence-electron chi connectivity index (χ4n) is 2.77. The molecule has 1 aromatic carbocycles. The Balaban J connectivity index is 2.60. The van der Waals surface area contributed by atoms with E-state index in [0.29, 0.717) is 6.61 Å². The van der Waals surface area contributed by atoms with Crippen LogP contribution in [0.5, 0.6) is 0 Å². The molecule has 21 heavy (non-hydrogen) atoms. The highest BCUT2D eigenvalue weighted by molar-refractivity contribution is 5.81. The number of hydrogen-bond acceptors (Lipinski definition) is 2. The summed E-state index contributed by atoms with van der Waals surface area (Å²) >= 11 is 0. The molecule has 0 bridgehead atoms. The lowest BCUT2D eigenvalue weighted by molar-refractivity contribution is -0.939. The van der Waals surface area contributed by atoms with E-state index in [2.05, 4.69) is 50.8 Å². The van der Waals surface area contributed by atoms with Crippen LogP contribution in [0.3, 0.4) is 0 Å². The zero-order valence-electron chi connectivity index (χ0n) is 13.4. The Hall–Kier alpha value is -1.61. The maximum Gasteiger partial charge on any atom is 0.330 e. The summed E-state index contributed by atoms with van der Waals surface area (Å²) in [5, 5.41) is 0. The molecule has 0 aromatic heterocycles. The molecule has 0 fully saturated rings. The SMILES string of the molecule is C=CC(=O)OCCC[N+](CC)(CCC)Cc1ccccc1. The lowest BCUT2D eigenvalue weighted by atomic mass is 10.1. The molecule has 0 saturated carbocycles. The van der Waals surface area contributed by atoms with Gasteiger partial charge < -0.3 is 9.22 Å². The number of ether oxygens (including phenoxy) is 1. The van der Waals surface area contributed by atoms with Crippen LogP contribution in [0.1, 0.15) is 32.3 Å². The normalized spacial score (nSPS) is 13.4. The summed E-state index contributed by atoms with van der Waals surface area (Å²) < 4.78 is 6.14. The van der Waals surface area contributed by atoms with Gasteiger partial charge in [0.15, 0.2) is 0 Å². The van der Waals surface area contributed by atoms with Gasteiger partial charge in [-0.25, -0.2) is 4.79 Å². The number of rotatable bonds is 10. The average Bonchev–Trinajstić information content (AvgIpc) is 2.52. The molecule has 0 aliphatic heterocycles. The second kappa shape index (κ2) is 9.35. The highest BCUT2D eigenvalue weighted by Gasteiger charge is 2.24. The van der Waals surface area contributed by atoms with Crippen LogP contribution in [0.15, 0.2) is 43.0 Å². The molecule has 0 aliphatic rings. The molecule has 0 N–H and O–H groups in total. The second-order valence-corrected chi connectivity index (χ2v) is 5.47. The van der Waals surface area contributed by atoms with E-state index in [1.54, 1.807) is 0 Å². The molecule has 0 radical (unpaired) electrons. The Labute approximate surface area is 128 Å². The summed E-state index contributed by atoms with van der Waals surface area (Å²) in [6, 6.07) is 10.6. The highest BCUT2D eigenvalue weighted by Crippen LogP contribution is 2.16. The molecule has 0 aliphatic carbocycles. The van der Waals surface area contributed by atoms with Gasteiger partial charge in [-0.2, -0.15) is 0 Å². The lowest BCUT2D eigenvalue weighted by Crippen LogP contribution is -2.48. The molecular formula is C18H28NO2+. The maximum atomic E-state index is 11.1. The van der Waals surface area contributed by atoms with Crippen molar-refractivity contribution >= 4 is 5.97 Å². The number of carbonyl (C=O) groups excluding carboxylic acids is 1. The van der Waals surface area contributed by atoms with E-state index < -0.39 is 0 Å². The molecule has 3 nitrogen and oxygen atoms in total. The molecule has 1 rings (SSSR count). The fourth-order valence-corrected chi connectivity index (χ4v) is 2.77. The zero-order chi connectivity index (χ0) is 15.6. The molecular weight excluding hydrogens is 262 g/mol. The van der Waals surface area contributed by atoms with Crippen molar-refractivity contribution in [2.75, 3.05) is 26.2 Å². The van der Waals surface area contributed by atoms with E-state index in [4.69, 9.17) is 4.74 Å². The Bertz CT molecular complexity index is 430. The first-order valence-corrected chi connectivity index (χ1v) is 7.84. The van der Waals surface area contributed by atoms with Crippen molar-refractivity contribution in [1.82, 2.24) is 0 Å². The van der Waals surface area contributed by atoms with E-state index >= 15 is 0 Å². The Morgan fingerprint density at radius 1 is 1.24 bits per heavy atom. The van der Waals surface area contributed by atoms with Gasteiger partial charge in [-0.05, 0) is 13.3 Å². The minimum atomic E-state index is -0.330. The summed E-state index contributed by atoms with van der Waals surface area (Å²) in [6.45, 7) is 12.7. The lowest BCUT2D eigenvalue weighted by Gasteiger charge is -2.38. The van der Waals surface area contributed by atoms with E-state index in [-0.39, 0.29) is 5.97 Å². The van der Waals surface area contributed by atoms with Crippen LogP contribution >= 0.6 is 0 Å². The topological polar surface area (TPSA) is 26.3 Å². The first kappa shape index (κ1) is 17.4. The highest BCUT2D eigenvalue weighted by atomic mass is 16.5. The Kier molecular flexibility index (Phi) is 7.76. The van der Waals surface area contributed by atoms with Gasteiger partial charge in [0.2, 0.25) is 0 Å². The van der Waals surface area contributed by atoms with E-state index in [9.17, 15) is 4.79 Å². The number of nitrogens with zero attached hydrogens (tertiary/aromatic N) is 1. The third kappa shape index (κ3) is 6.13. The van der Waals surface area contributed by atoms with Gasteiger partial charge in [0.25, 0.3) is 0 Å². The smallest absolute Gasteiger partial charge is 0.330 e. The van der Waals surface area contributed by atoms with Gasteiger partial charge in [-0.1, -0.05) is 43.8 Å². The molecule has 1 unspecified atom stereocenters. The van der Waals surface area contributed by atoms with E-state index in [0.717, 1.165) is 43.5 Å². The molecule has 1 aromatic rings. The molecule has 0 amide bonds. The van der Waals surface area contributed by atoms with E-state index in [1.165, 1.54) is 11.6 Å². The zero-order valence-corrected chi connectivity index (χ0v) is 13.4. The molecule has 3 heteroatoms. The second-order valence-electron chi connectivity index (χ2n) is 5.47. The summed E-state index contributed by atoms with van der Waals surface area (Å²) in [5.41, 5.74) is 1.37.